The van der Waals surface area contributed by atoms with E-state index in [-0.39, 0.29) is 0 Å². The number of hydrogen-bond acceptors (Lipinski definition) is 3. The maximum atomic E-state index is 5.48. The Kier molecular flexibility index (Phi) is 7.94. The molecule has 0 amide bonds. The fourth-order valence-corrected chi connectivity index (χ4v) is 12.4. The summed E-state index contributed by atoms with van der Waals surface area (Å²) in [5.74, 6) is 0. The summed E-state index contributed by atoms with van der Waals surface area (Å²) in [4.78, 5) is 10.2. The van der Waals surface area contributed by atoms with Gasteiger partial charge in [0.2, 0.25) is 0 Å². The summed E-state index contributed by atoms with van der Waals surface area (Å²) >= 11 is 1.86. The third-order valence-electron chi connectivity index (χ3n) is 14.4. The van der Waals surface area contributed by atoms with Crippen molar-refractivity contribution in [2.24, 2.45) is 0 Å². The summed E-state index contributed by atoms with van der Waals surface area (Å²) < 4.78 is 4.93. The van der Waals surface area contributed by atoms with Crippen molar-refractivity contribution in [3.8, 4) is 44.6 Å². The Labute approximate surface area is 394 Å². The monoisotopic (exact) mass is 879 g/mol. The smallest absolute Gasteiger partial charge is 0.156 e. The molecule has 4 aromatic heterocycles. The number of thiophene rings is 1. The molecule has 0 fully saturated rings. The number of aromatic nitrogens is 3. The van der Waals surface area contributed by atoms with Crippen molar-refractivity contribution in [1.82, 2.24) is 14.4 Å². The Morgan fingerprint density at radius 2 is 0.897 bits per heavy atom. The zero-order valence-electron chi connectivity index (χ0n) is 36.6. The lowest BCUT2D eigenvalue weighted by molar-refractivity contribution is 1.25. The van der Waals surface area contributed by atoms with E-state index in [1.807, 2.05) is 23.6 Å². The van der Waals surface area contributed by atoms with Crippen molar-refractivity contribution in [2.45, 2.75) is 0 Å². The lowest BCUT2D eigenvalue weighted by atomic mass is 9.90. The molecule has 3 nitrogen and oxygen atoms in total. The van der Waals surface area contributed by atoms with Crippen LogP contribution in [0.5, 0.6) is 0 Å². The van der Waals surface area contributed by atoms with E-state index < -0.39 is 0 Å². The first-order valence-electron chi connectivity index (χ1n) is 23.2. The molecule has 0 radical (unpaired) electrons. The summed E-state index contributed by atoms with van der Waals surface area (Å²) in [5.41, 5.74) is 13.7. The van der Waals surface area contributed by atoms with Gasteiger partial charge in [0.15, 0.2) is 5.65 Å². The summed E-state index contributed by atoms with van der Waals surface area (Å²) in [5, 5.41) is 16.0. The highest BCUT2D eigenvalue weighted by Crippen LogP contribution is 2.45. The van der Waals surface area contributed by atoms with Crippen LogP contribution in [0.3, 0.4) is 0 Å². The van der Waals surface area contributed by atoms with Crippen molar-refractivity contribution in [3.63, 3.8) is 0 Å². The maximum Gasteiger partial charge on any atom is 0.156 e. The molecule has 68 heavy (non-hydrogen) atoms. The predicted octanol–water partition coefficient (Wildman–Crippen LogP) is 17.8. The van der Waals surface area contributed by atoms with E-state index in [9.17, 15) is 0 Å². The van der Waals surface area contributed by atoms with Crippen LogP contribution in [0.1, 0.15) is 0 Å². The summed E-state index contributed by atoms with van der Waals surface area (Å²) in [6.45, 7) is 0. The van der Waals surface area contributed by atoms with Gasteiger partial charge in [-0.15, -0.1) is 11.3 Å². The number of nitrogens with zero attached hydrogens (tertiary/aromatic N) is 3. The average Bonchev–Trinajstić information content (AvgIpc) is 3.97. The molecule has 11 aromatic carbocycles. The van der Waals surface area contributed by atoms with E-state index in [4.69, 9.17) is 9.97 Å². The van der Waals surface area contributed by atoms with E-state index in [2.05, 4.69) is 217 Å². The minimum atomic E-state index is 0.999. The van der Waals surface area contributed by atoms with Gasteiger partial charge in [-0.1, -0.05) is 182 Å². The molecule has 15 aromatic rings. The first kappa shape index (κ1) is 37.5. The number of benzene rings is 11. The Morgan fingerprint density at radius 3 is 1.62 bits per heavy atom. The Hall–Kier alpha value is -8.70. The quantitative estimate of drug-likeness (QED) is 0.130. The first-order chi connectivity index (χ1) is 33.7. The molecule has 0 aliphatic rings. The van der Waals surface area contributed by atoms with Gasteiger partial charge < -0.3 is 0 Å². The highest BCUT2D eigenvalue weighted by Gasteiger charge is 2.20. The van der Waals surface area contributed by atoms with Crippen molar-refractivity contribution in [1.29, 1.82) is 0 Å². The molecule has 0 spiro atoms. The Balaban J connectivity index is 0.855. The molecule has 0 aliphatic heterocycles. The molecular weight excluding hydrogens is 843 g/mol. The van der Waals surface area contributed by atoms with Crippen molar-refractivity contribution in [3.05, 3.63) is 225 Å². The molecule has 0 N–H and O–H groups in total. The molecule has 0 saturated carbocycles. The van der Waals surface area contributed by atoms with Crippen molar-refractivity contribution >= 4 is 113 Å². The number of imidazole rings is 1. The largest absolute Gasteiger partial charge is 0.291 e. The highest BCUT2D eigenvalue weighted by molar-refractivity contribution is 7.27. The topological polar surface area (TPSA) is 30.2 Å². The third-order valence-corrected chi connectivity index (χ3v) is 15.6. The summed E-state index contributed by atoms with van der Waals surface area (Å²) in [6, 6.07) is 80.3. The lowest BCUT2D eigenvalue weighted by Gasteiger charge is -2.14. The van der Waals surface area contributed by atoms with E-state index >= 15 is 0 Å². The lowest BCUT2D eigenvalue weighted by Crippen LogP contribution is -1.93. The normalized spacial score (nSPS) is 12.1. The summed E-state index contributed by atoms with van der Waals surface area (Å²) in [7, 11) is 0. The average molecular weight is 880 g/mol. The van der Waals surface area contributed by atoms with Crippen LogP contribution in [-0.2, 0) is 0 Å². The second-order valence-electron chi connectivity index (χ2n) is 18.1. The first-order valence-corrected chi connectivity index (χ1v) is 24.0. The number of pyridine rings is 2. The van der Waals surface area contributed by atoms with Crippen LogP contribution < -0.4 is 0 Å². The van der Waals surface area contributed by atoms with Gasteiger partial charge in [0, 0.05) is 32.4 Å². The Bertz CT molecular complexity index is 4600. The van der Waals surface area contributed by atoms with E-state index in [0.717, 1.165) is 38.8 Å². The fourth-order valence-electron chi connectivity index (χ4n) is 11.1. The molecule has 4 heterocycles. The predicted molar refractivity (Wildman–Crippen MR) is 290 cm³/mol. The molecule has 0 saturated heterocycles. The van der Waals surface area contributed by atoms with Gasteiger partial charge in [-0.2, -0.15) is 0 Å². The van der Waals surface area contributed by atoms with Gasteiger partial charge in [-0.3, -0.25) is 9.38 Å². The van der Waals surface area contributed by atoms with Crippen LogP contribution in [0.4, 0.5) is 0 Å². The maximum absolute atomic E-state index is 5.48. The second kappa shape index (κ2) is 14.4. The van der Waals surface area contributed by atoms with Crippen LogP contribution in [0, 0.1) is 0 Å². The van der Waals surface area contributed by atoms with Crippen LogP contribution in [0.15, 0.2) is 225 Å². The Morgan fingerprint density at radius 1 is 0.338 bits per heavy atom. The molecule has 0 unspecified atom stereocenters. The molecule has 0 atom stereocenters. The minimum absolute atomic E-state index is 0.999. The third kappa shape index (κ3) is 5.59. The van der Waals surface area contributed by atoms with Gasteiger partial charge in [-0.05, 0) is 124 Å². The van der Waals surface area contributed by atoms with Crippen molar-refractivity contribution < 1.29 is 0 Å². The zero-order valence-corrected chi connectivity index (χ0v) is 37.4. The summed E-state index contributed by atoms with van der Waals surface area (Å²) in [6.07, 6.45) is 1.88. The molecule has 4 heteroatoms. The van der Waals surface area contributed by atoms with Gasteiger partial charge in [-0.25, -0.2) is 4.98 Å². The van der Waals surface area contributed by atoms with E-state index in [1.54, 1.807) is 0 Å². The van der Waals surface area contributed by atoms with Crippen LogP contribution in [0.2, 0.25) is 0 Å². The standard InChI is InChI=1S/C64H37N3S/c1-2-11-45-34-47-36-60-58(35-46(47)33-44(45)10-1)66-64-63-57(56-29-26-38-9-3-4-13-51(38)62(56)68-63)37-59(67(60)64)42-24-22-41(23-25-42)50-31-30-49(52-14-5-6-15-53(50)52)40-20-18-39(19-21-40)48-16-7-17-55-54(48)28-27-43-12-8-32-65-61(43)55/h1-37H. The van der Waals surface area contributed by atoms with Crippen LogP contribution >= 0.6 is 11.3 Å². The van der Waals surface area contributed by atoms with Gasteiger partial charge in [0.1, 0.15) is 0 Å². The fraction of sp³-hybridized carbons (Fsp3) is 0. The number of fused-ring (bicyclic) bond motifs is 15. The minimum Gasteiger partial charge on any atom is -0.291 e. The number of rotatable bonds is 4. The van der Waals surface area contributed by atoms with Crippen LogP contribution in [0.25, 0.3) is 146 Å². The van der Waals surface area contributed by atoms with Gasteiger partial charge in [0.25, 0.3) is 0 Å². The SMILES string of the molecule is c1ccc2cc3cc4c(cc3cc2c1)nc1c2sc3c5ccccc5ccc3c2cc(-c2ccc(-c3ccc(-c5ccc(-c6cccc7c6ccc6cccnc67)cc5)c5ccccc35)cc2)n41. The highest BCUT2D eigenvalue weighted by atomic mass is 32.1. The molecular formula is C64H37N3S. The van der Waals surface area contributed by atoms with Gasteiger partial charge in [0.05, 0.1) is 26.9 Å². The van der Waals surface area contributed by atoms with Gasteiger partial charge >= 0.3 is 0 Å². The second-order valence-corrected chi connectivity index (χ2v) is 19.1. The zero-order chi connectivity index (χ0) is 44.5. The number of hydrogen-bond donors (Lipinski definition) is 0. The molecule has 0 aliphatic carbocycles. The molecule has 0 bridgehead atoms. The van der Waals surface area contributed by atoms with E-state index in [0.29, 0.717) is 0 Å². The van der Waals surface area contributed by atoms with Crippen molar-refractivity contribution in [2.75, 3.05) is 0 Å². The molecule has 15 rings (SSSR count). The van der Waals surface area contributed by atoms with E-state index in [1.165, 1.54) is 107 Å². The molecule has 314 valence electrons. The van der Waals surface area contributed by atoms with Crippen LogP contribution in [-0.4, -0.2) is 14.4 Å².